The van der Waals surface area contributed by atoms with Gasteiger partial charge in [0.1, 0.15) is 4.60 Å². The van der Waals surface area contributed by atoms with Gasteiger partial charge in [-0.3, -0.25) is 4.79 Å². The monoisotopic (exact) mass is 369 g/mol. The van der Waals surface area contributed by atoms with Gasteiger partial charge < -0.3 is 4.90 Å². The van der Waals surface area contributed by atoms with Gasteiger partial charge in [0.05, 0.1) is 11.4 Å². The summed E-state index contributed by atoms with van der Waals surface area (Å²) in [5, 5.41) is 5.90. The fraction of sp³-hybridized carbons (Fsp3) is 0.467. The largest absolute Gasteiger partial charge is 0.374 e. The Balaban J connectivity index is 2.55. The summed E-state index contributed by atoms with van der Waals surface area (Å²) < 4.78 is 2.24. The molecule has 1 aromatic carbocycles. The molecule has 0 amide bonds. The van der Waals surface area contributed by atoms with E-state index < -0.39 is 0 Å². The van der Waals surface area contributed by atoms with Crippen LogP contribution in [0.2, 0.25) is 0 Å². The highest BCUT2D eigenvalue weighted by molar-refractivity contribution is 9.10. The van der Waals surface area contributed by atoms with Gasteiger partial charge in [0.15, 0.2) is 0 Å². The standard InChI is InChI=1S/C15H20BrN3OS/c1-10(2)19-15(20)13-9-11(18(3)7-8-21-4)5-6-12(13)14(16)17-19/h5-6,9-10H,7-8H2,1-4H3. The van der Waals surface area contributed by atoms with E-state index in [-0.39, 0.29) is 11.6 Å². The van der Waals surface area contributed by atoms with Crippen LogP contribution in [0.3, 0.4) is 0 Å². The summed E-state index contributed by atoms with van der Waals surface area (Å²) in [6, 6.07) is 6.00. The quantitative estimate of drug-likeness (QED) is 0.807. The van der Waals surface area contributed by atoms with Crippen molar-refractivity contribution in [2.75, 3.05) is 30.5 Å². The molecule has 0 bridgehead atoms. The van der Waals surface area contributed by atoms with Crippen LogP contribution in [0.15, 0.2) is 27.6 Å². The smallest absolute Gasteiger partial charge is 0.275 e. The number of fused-ring (bicyclic) bond motifs is 1. The summed E-state index contributed by atoms with van der Waals surface area (Å²) in [7, 11) is 2.05. The molecule has 114 valence electrons. The molecule has 0 saturated carbocycles. The third-order valence-electron chi connectivity index (χ3n) is 3.42. The van der Waals surface area contributed by atoms with E-state index in [4.69, 9.17) is 0 Å². The van der Waals surface area contributed by atoms with Crippen molar-refractivity contribution in [3.05, 3.63) is 33.2 Å². The van der Waals surface area contributed by atoms with E-state index in [9.17, 15) is 4.79 Å². The van der Waals surface area contributed by atoms with Gasteiger partial charge >= 0.3 is 0 Å². The van der Waals surface area contributed by atoms with Crippen molar-refractivity contribution in [1.29, 1.82) is 0 Å². The fourth-order valence-electron chi connectivity index (χ4n) is 2.15. The lowest BCUT2D eigenvalue weighted by atomic mass is 10.1. The molecule has 21 heavy (non-hydrogen) atoms. The second-order valence-electron chi connectivity index (χ2n) is 5.28. The van der Waals surface area contributed by atoms with Gasteiger partial charge in [0.25, 0.3) is 5.56 Å². The summed E-state index contributed by atoms with van der Waals surface area (Å²) in [6.07, 6.45) is 2.10. The molecule has 1 aromatic heterocycles. The molecular formula is C15H20BrN3OS. The van der Waals surface area contributed by atoms with Crippen LogP contribution in [0, 0.1) is 0 Å². The van der Waals surface area contributed by atoms with Crippen LogP contribution >= 0.6 is 27.7 Å². The minimum atomic E-state index is -0.0386. The first-order valence-electron chi connectivity index (χ1n) is 6.88. The van der Waals surface area contributed by atoms with Crippen LogP contribution in [0.5, 0.6) is 0 Å². The zero-order valence-corrected chi connectivity index (χ0v) is 15.2. The number of rotatable bonds is 5. The number of aromatic nitrogens is 2. The second kappa shape index (κ2) is 6.83. The van der Waals surface area contributed by atoms with Crippen LogP contribution < -0.4 is 10.5 Å². The third kappa shape index (κ3) is 3.43. The average Bonchev–Trinajstić information content (AvgIpc) is 2.47. The molecule has 0 aliphatic rings. The topological polar surface area (TPSA) is 38.1 Å². The number of halogens is 1. The highest BCUT2D eigenvalue weighted by Gasteiger charge is 2.12. The molecule has 0 spiro atoms. The van der Waals surface area contributed by atoms with E-state index in [1.165, 1.54) is 4.68 Å². The van der Waals surface area contributed by atoms with Gasteiger partial charge in [0.2, 0.25) is 0 Å². The van der Waals surface area contributed by atoms with Gasteiger partial charge in [-0.2, -0.15) is 16.9 Å². The summed E-state index contributed by atoms with van der Waals surface area (Å²) in [5.74, 6) is 1.06. The maximum atomic E-state index is 12.6. The highest BCUT2D eigenvalue weighted by atomic mass is 79.9. The minimum Gasteiger partial charge on any atom is -0.374 e. The van der Waals surface area contributed by atoms with E-state index in [0.717, 1.165) is 23.4 Å². The molecule has 0 aliphatic heterocycles. The SMILES string of the molecule is CSCCN(C)c1ccc2c(Br)nn(C(C)C)c(=O)c2c1. The van der Waals surface area contributed by atoms with Crippen LogP contribution in [0.25, 0.3) is 10.8 Å². The lowest BCUT2D eigenvalue weighted by molar-refractivity contribution is 0.503. The predicted molar refractivity (Wildman–Crippen MR) is 95.7 cm³/mol. The Hall–Kier alpha value is -1.01. The van der Waals surface area contributed by atoms with Gasteiger partial charge in [-0.25, -0.2) is 4.68 Å². The number of thioether (sulfide) groups is 1. The second-order valence-corrected chi connectivity index (χ2v) is 7.02. The Morgan fingerprint density at radius 2 is 2.10 bits per heavy atom. The van der Waals surface area contributed by atoms with Crippen molar-refractivity contribution in [2.24, 2.45) is 0 Å². The summed E-state index contributed by atoms with van der Waals surface area (Å²) in [5.41, 5.74) is 1.02. The first kappa shape index (κ1) is 16.4. The van der Waals surface area contributed by atoms with Crippen LogP contribution in [0.4, 0.5) is 5.69 Å². The molecule has 0 saturated heterocycles. The van der Waals surface area contributed by atoms with Crippen LogP contribution in [0.1, 0.15) is 19.9 Å². The Kier molecular flexibility index (Phi) is 5.32. The first-order chi connectivity index (χ1) is 9.95. The molecule has 0 fully saturated rings. The Bertz CT molecular complexity index is 699. The molecule has 0 unspecified atom stereocenters. The number of hydrogen-bond donors (Lipinski definition) is 0. The maximum absolute atomic E-state index is 12.6. The Morgan fingerprint density at radius 3 is 2.71 bits per heavy atom. The van der Waals surface area contributed by atoms with Gasteiger partial charge in [-0.1, -0.05) is 0 Å². The average molecular weight is 370 g/mol. The number of hydrogen-bond acceptors (Lipinski definition) is 4. The van der Waals surface area contributed by atoms with E-state index in [1.54, 1.807) is 0 Å². The minimum absolute atomic E-state index is 0.0380. The molecular weight excluding hydrogens is 350 g/mol. The van der Waals surface area contributed by atoms with Crippen molar-refractivity contribution in [3.8, 4) is 0 Å². The molecule has 1 heterocycles. The molecule has 2 aromatic rings. The van der Waals surface area contributed by atoms with Crippen molar-refractivity contribution in [2.45, 2.75) is 19.9 Å². The maximum Gasteiger partial charge on any atom is 0.275 e. The van der Waals surface area contributed by atoms with Crippen molar-refractivity contribution in [1.82, 2.24) is 9.78 Å². The van der Waals surface area contributed by atoms with Crippen LogP contribution in [-0.4, -0.2) is 35.4 Å². The molecule has 0 atom stereocenters. The number of benzene rings is 1. The Labute approximate surface area is 137 Å². The summed E-state index contributed by atoms with van der Waals surface area (Å²) in [4.78, 5) is 14.7. The van der Waals surface area contributed by atoms with E-state index in [2.05, 4.69) is 39.2 Å². The van der Waals surface area contributed by atoms with Crippen molar-refractivity contribution < 1.29 is 0 Å². The summed E-state index contributed by atoms with van der Waals surface area (Å²) in [6.45, 7) is 4.87. The lowest BCUT2D eigenvalue weighted by Gasteiger charge is -2.19. The highest BCUT2D eigenvalue weighted by Crippen LogP contribution is 2.24. The zero-order chi connectivity index (χ0) is 15.6. The van der Waals surface area contributed by atoms with Crippen molar-refractivity contribution in [3.63, 3.8) is 0 Å². The normalized spacial score (nSPS) is 11.3. The van der Waals surface area contributed by atoms with Crippen LogP contribution in [-0.2, 0) is 0 Å². The number of nitrogens with zero attached hydrogens (tertiary/aromatic N) is 3. The van der Waals surface area contributed by atoms with Gasteiger partial charge in [0, 0.05) is 30.4 Å². The molecule has 6 heteroatoms. The molecule has 2 rings (SSSR count). The lowest BCUT2D eigenvalue weighted by Crippen LogP contribution is -2.26. The molecule has 4 nitrogen and oxygen atoms in total. The van der Waals surface area contributed by atoms with E-state index >= 15 is 0 Å². The molecule has 0 N–H and O–H groups in total. The number of anilines is 1. The zero-order valence-electron chi connectivity index (χ0n) is 12.8. The molecule has 0 radical (unpaired) electrons. The van der Waals surface area contributed by atoms with Gasteiger partial charge in [-0.15, -0.1) is 0 Å². The predicted octanol–water partition coefficient (Wildman–Crippen LogP) is 3.54. The Morgan fingerprint density at radius 1 is 1.38 bits per heavy atom. The summed E-state index contributed by atoms with van der Waals surface area (Å²) >= 11 is 5.28. The van der Waals surface area contributed by atoms with E-state index in [1.807, 2.05) is 43.8 Å². The third-order valence-corrected chi connectivity index (χ3v) is 4.60. The fourth-order valence-corrected chi connectivity index (χ4v) is 3.12. The van der Waals surface area contributed by atoms with Gasteiger partial charge in [-0.05, 0) is 54.2 Å². The first-order valence-corrected chi connectivity index (χ1v) is 9.06. The molecule has 0 aliphatic carbocycles. The van der Waals surface area contributed by atoms with E-state index in [0.29, 0.717) is 9.99 Å². The van der Waals surface area contributed by atoms with Crippen molar-refractivity contribution >= 4 is 44.2 Å².